The molecule has 1 aliphatic heterocycles. The smallest absolute Gasteiger partial charge is 0.115 e. The Morgan fingerprint density at radius 3 is 2.76 bits per heavy atom. The third-order valence-electron chi connectivity index (χ3n) is 3.29. The molecule has 2 aromatic rings. The van der Waals surface area contributed by atoms with Crippen molar-refractivity contribution in [3.05, 3.63) is 54.6 Å². The van der Waals surface area contributed by atoms with Crippen molar-refractivity contribution in [3.8, 4) is 0 Å². The second-order valence-corrected chi connectivity index (χ2v) is 4.32. The summed E-state index contributed by atoms with van der Waals surface area (Å²) in [5.74, 6) is 0. The maximum absolute atomic E-state index is 4.38. The van der Waals surface area contributed by atoms with Gasteiger partial charge in [-0.1, -0.05) is 18.2 Å². The third kappa shape index (κ3) is 2.00. The predicted molar refractivity (Wildman–Crippen MR) is 67.8 cm³/mol. The standard InChI is InChI=1S/C14H15N3/c1-2-5-12(6-3-1)17-10-4-7-14(17)13-8-9-15-11-16-13/h1-3,5-6,8-9,11,14H,4,7,10H2/t14-/m0/s1. The van der Waals surface area contributed by atoms with E-state index in [0.717, 1.165) is 12.2 Å². The van der Waals surface area contributed by atoms with Gasteiger partial charge in [0.05, 0.1) is 11.7 Å². The molecule has 1 saturated heterocycles. The summed E-state index contributed by atoms with van der Waals surface area (Å²) in [7, 11) is 0. The van der Waals surface area contributed by atoms with Gasteiger partial charge in [0.1, 0.15) is 6.33 Å². The minimum atomic E-state index is 0.403. The second kappa shape index (κ2) is 4.53. The van der Waals surface area contributed by atoms with Crippen LogP contribution in [-0.4, -0.2) is 16.5 Å². The van der Waals surface area contributed by atoms with Crippen molar-refractivity contribution in [3.63, 3.8) is 0 Å². The number of hydrogen-bond acceptors (Lipinski definition) is 3. The number of anilines is 1. The Morgan fingerprint density at radius 1 is 1.12 bits per heavy atom. The molecule has 1 fully saturated rings. The first-order valence-electron chi connectivity index (χ1n) is 6.03. The molecule has 0 N–H and O–H groups in total. The molecule has 0 saturated carbocycles. The van der Waals surface area contributed by atoms with E-state index in [4.69, 9.17) is 0 Å². The van der Waals surface area contributed by atoms with Crippen LogP contribution in [0.2, 0.25) is 0 Å². The SMILES string of the molecule is c1ccc(N2CCC[C@H]2c2ccncn2)cc1. The van der Waals surface area contributed by atoms with Gasteiger partial charge in [-0.3, -0.25) is 0 Å². The summed E-state index contributed by atoms with van der Waals surface area (Å²) in [6.45, 7) is 1.11. The van der Waals surface area contributed by atoms with Crippen molar-refractivity contribution in [2.24, 2.45) is 0 Å². The van der Waals surface area contributed by atoms with Gasteiger partial charge >= 0.3 is 0 Å². The molecular formula is C14H15N3. The van der Waals surface area contributed by atoms with Gasteiger partial charge in [-0.15, -0.1) is 0 Å². The van der Waals surface area contributed by atoms with Gasteiger partial charge in [-0.25, -0.2) is 9.97 Å². The Kier molecular flexibility index (Phi) is 2.74. The molecule has 0 amide bonds. The van der Waals surface area contributed by atoms with E-state index >= 15 is 0 Å². The molecule has 86 valence electrons. The van der Waals surface area contributed by atoms with Crippen molar-refractivity contribution in [1.29, 1.82) is 0 Å². The van der Waals surface area contributed by atoms with Crippen molar-refractivity contribution in [2.75, 3.05) is 11.4 Å². The highest BCUT2D eigenvalue weighted by atomic mass is 15.2. The molecule has 3 nitrogen and oxygen atoms in total. The summed E-state index contributed by atoms with van der Waals surface area (Å²) < 4.78 is 0. The molecule has 1 aliphatic rings. The van der Waals surface area contributed by atoms with E-state index < -0.39 is 0 Å². The molecular weight excluding hydrogens is 210 g/mol. The first-order chi connectivity index (χ1) is 8.45. The molecule has 0 spiro atoms. The van der Waals surface area contributed by atoms with Crippen molar-refractivity contribution in [2.45, 2.75) is 18.9 Å². The fourth-order valence-corrected chi connectivity index (χ4v) is 2.50. The first-order valence-corrected chi connectivity index (χ1v) is 6.03. The van der Waals surface area contributed by atoms with Gasteiger partial charge in [0.15, 0.2) is 0 Å². The average Bonchev–Trinajstić information content (AvgIpc) is 2.90. The van der Waals surface area contributed by atoms with Crippen LogP contribution in [0.3, 0.4) is 0 Å². The lowest BCUT2D eigenvalue weighted by atomic mass is 10.1. The number of para-hydroxylation sites is 1. The van der Waals surface area contributed by atoms with E-state index in [-0.39, 0.29) is 0 Å². The predicted octanol–water partition coefficient (Wildman–Crippen LogP) is 2.82. The van der Waals surface area contributed by atoms with Gasteiger partial charge in [0.2, 0.25) is 0 Å². The molecule has 3 rings (SSSR count). The van der Waals surface area contributed by atoms with Crippen molar-refractivity contribution in [1.82, 2.24) is 9.97 Å². The fourth-order valence-electron chi connectivity index (χ4n) is 2.50. The van der Waals surface area contributed by atoms with Crippen LogP contribution >= 0.6 is 0 Å². The summed E-state index contributed by atoms with van der Waals surface area (Å²) in [6, 6.07) is 13.0. The lowest BCUT2D eigenvalue weighted by molar-refractivity contribution is 0.691. The van der Waals surface area contributed by atoms with Crippen molar-refractivity contribution >= 4 is 5.69 Å². The highest BCUT2D eigenvalue weighted by molar-refractivity contribution is 5.49. The summed E-state index contributed by atoms with van der Waals surface area (Å²) in [5, 5.41) is 0. The zero-order chi connectivity index (χ0) is 11.5. The number of benzene rings is 1. The molecule has 1 aromatic heterocycles. The van der Waals surface area contributed by atoms with Crippen LogP contribution < -0.4 is 4.90 Å². The summed E-state index contributed by atoms with van der Waals surface area (Å²) >= 11 is 0. The Hall–Kier alpha value is -1.90. The molecule has 17 heavy (non-hydrogen) atoms. The van der Waals surface area contributed by atoms with Crippen LogP contribution in [0.15, 0.2) is 48.9 Å². The van der Waals surface area contributed by atoms with Crippen LogP contribution in [0.1, 0.15) is 24.6 Å². The largest absolute Gasteiger partial charge is 0.363 e. The molecule has 0 radical (unpaired) electrons. The van der Waals surface area contributed by atoms with E-state index in [1.807, 2.05) is 12.3 Å². The third-order valence-corrected chi connectivity index (χ3v) is 3.29. The average molecular weight is 225 g/mol. The molecule has 1 aromatic carbocycles. The van der Waals surface area contributed by atoms with Crippen LogP contribution in [0, 0.1) is 0 Å². The fraction of sp³-hybridized carbons (Fsp3) is 0.286. The number of hydrogen-bond donors (Lipinski definition) is 0. The normalized spacial score (nSPS) is 19.5. The topological polar surface area (TPSA) is 29.0 Å². The van der Waals surface area contributed by atoms with E-state index in [1.165, 1.54) is 18.5 Å². The zero-order valence-corrected chi connectivity index (χ0v) is 9.66. The molecule has 0 bridgehead atoms. The summed E-state index contributed by atoms with van der Waals surface area (Å²) in [4.78, 5) is 10.8. The van der Waals surface area contributed by atoms with Crippen LogP contribution in [0.4, 0.5) is 5.69 Å². The van der Waals surface area contributed by atoms with E-state index in [9.17, 15) is 0 Å². The molecule has 1 atom stereocenters. The van der Waals surface area contributed by atoms with E-state index in [1.54, 1.807) is 6.33 Å². The van der Waals surface area contributed by atoms with Gasteiger partial charge in [0.25, 0.3) is 0 Å². The molecule has 2 heterocycles. The highest BCUT2D eigenvalue weighted by Gasteiger charge is 2.26. The summed E-state index contributed by atoms with van der Waals surface area (Å²) in [5.41, 5.74) is 2.41. The lowest BCUT2D eigenvalue weighted by Crippen LogP contribution is -2.23. The van der Waals surface area contributed by atoms with Crippen LogP contribution in [-0.2, 0) is 0 Å². The van der Waals surface area contributed by atoms with E-state index in [0.29, 0.717) is 6.04 Å². The van der Waals surface area contributed by atoms with E-state index in [2.05, 4.69) is 45.2 Å². The van der Waals surface area contributed by atoms with Gasteiger partial charge in [-0.05, 0) is 31.0 Å². The molecule has 0 aliphatic carbocycles. The maximum atomic E-state index is 4.38. The molecule has 0 unspecified atom stereocenters. The quantitative estimate of drug-likeness (QED) is 0.787. The van der Waals surface area contributed by atoms with Crippen molar-refractivity contribution < 1.29 is 0 Å². The first kappa shape index (κ1) is 10.3. The second-order valence-electron chi connectivity index (χ2n) is 4.32. The summed E-state index contributed by atoms with van der Waals surface area (Å²) in [6.07, 6.45) is 5.86. The number of rotatable bonds is 2. The van der Waals surface area contributed by atoms with Gasteiger partial charge < -0.3 is 4.90 Å². The highest BCUT2D eigenvalue weighted by Crippen LogP contribution is 2.34. The maximum Gasteiger partial charge on any atom is 0.115 e. The minimum Gasteiger partial charge on any atom is -0.363 e. The molecule has 3 heteroatoms. The monoisotopic (exact) mass is 225 g/mol. The van der Waals surface area contributed by atoms with Gasteiger partial charge in [0, 0.05) is 18.4 Å². The van der Waals surface area contributed by atoms with Crippen LogP contribution in [0.25, 0.3) is 0 Å². The minimum absolute atomic E-state index is 0.403. The Balaban J connectivity index is 1.91. The lowest BCUT2D eigenvalue weighted by Gasteiger charge is -2.26. The Bertz CT molecular complexity index is 424. The number of nitrogens with zero attached hydrogens (tertiary/aromatic N) is 3. The van der Waals surface area contributed by atoms with Gasteiger partial charge in [-0.2, -0.15) is 0 Å². The zero-order valence-electron chi connectivity index (χ0n) is 9.66. The Morgan fingerprint density at radius 2 is 2.00 bits per heavy atom. The Labute approximate surface area is 101 Å². The number of aromatic nitrogens is 2. The van der Waals surface area contributed by atoms with Crippen LogP contribution in [0.5, 0.6) is 0 Å².